The van der Waals surface area contributed by atoms with Gasteiger partial charge in [0.2, 0.25) is 0 Å². The Kier molecular flexibility index (Phi) is 4.33. The second-order valence-electron chi connectivity index (χ2n) is 5.06. The van der Waals surface area contributed by atoms with Gasteiger partial charge in [0.25, 0.3) is 0 Å². The highest BCUT2D eigenvalue weighted by molar-refractivity contribution is 7.92. The Morgan fingerprint density at radius 3 is 2.24 bits per heavy atom. The van der Waals surface area contributed by atoms with Gasteiger partial charge in [-0.3, -0.25) is 0 Å². The molecule has 0 amide bonds. The van der Waals surface area contributed by atoms with Crippen molar-refractivity contribution in [1.29, 1.82) is 0 Å². The number of aliphatic hydroxyl groups is 1. The van der Waals surface area contributed by atoms with Gasteiger partial charge in [-0.15, -0.1) is 0 Å². The van der Waals surface area contributed by atoms with E-state index in [4.69, 9.17) is 0 Å². The molecular formula is C13H20O3S. The van der Waals surface area contributed by atoms with Crippen molar-refractivity contribution in [3.8, 4) is 0 Å². The number of sulfone groups is 1. The largest absolute Gasteiger partial charge is 0.393 e. The molecule has 1 aromatic carbocycles. The molecule has 3 nitrogen and oxygen atoms in total. The first kappa shape index (κ1) is 14.2. The Balaban J connectivity index is 2.89. The summed E-state index contributed by atoms with van der Waals surface area (Å²) in [5.41, 5.74) is 0.783. The number of hydrogen-bond acceptors (Lipinski definition) is 3. The molecule has 96 valence electrons. The SMILES string of the molecule is C[C@@H](O)CC(C)(C)S(=O)(=O)Cc1ccccc1. The average molecular weight is 256 g/mol. The lowest BCUT2D eigenvalue weighted by molar-refractivity contribution is 0.172. The van der Waals surface area contributed by atoms with Crippen LogP contribution in [0.3, 0.4) is 0 Å². The van der Waals surface area contributed by atoms with E-state index in [1.807, 2.05) is 18.2 Å². The van der Waals surface area contributed by atoms with Crippen LogP contribution < -0.4 is 0 Å². The Morgan fingerprint density at radius 1 is 1.24 bits per heavy atom. The normalized spacial score (nSPS) is 14.6. The van der Waals surface area contributed by atoms with Crippen LogP contribution in [0.1, 0.15) is 32.8 Å². The van der Waals surface area contributed by atoms with E-state index in [0.717, 1.165) is 5.56 Å². The minimum absolute atomic E-state index is 0.0214. The van der Waals surface area contributed by atoms with Crippen molar-refractivity contribution in [3.05, 3.63) is 35.9 Å². The molecule has 1 aromatic rings. The maximum atomic E-state index is 12.2. The lowest BCUT2D eigenvalue weighted by Crippen LogP contribution is -2.36. The molecule has 0 unspecified atom stereocenters. The third kappa shape index (κ3) is 3.82. The molecule has 0 fully saturated rings. The predicted molar refractivity (Wildman–Crippen MR) is 69.4 cm³/mol. The van der Waals surface area contributed by atoms with Crippen LogP contribution >= 0.6 is 0 Å². The van der Waals surface area contributed by atoms with E-state index in [2.05, 4.69) is 0 Å². The molecule has 4 heteroatoms. The van der Waals surface area contributed by atoms with E-state index in [9.17, 15) is 13.5 Å². The molecule has 0 saturated carbocycles. The zero-order valence-corrected chi connectivity index (χ0v) is 11.4. The maximum absolute atomic E-state index is 12.2. The fraction of sp³-hybridized carbons (Fsp3) is 0.538. The van der Waals surface area contributed by atoms with Gasteiger partial charge in [-0.2, -0.15) is 0 Å². The number of hydrogen-bond donors (Lipinski definition) is 1. The molecule has 1 atom stereocenters. The first-order valence-electron chi connectivity index (χ1n) is 5.69. The first-order chi connectivity index (χ1) is 7.74. The predicted octanol–water partition coefficient (Wildman–Crippen LogP) is 2.15. The fourth-order valence-corrected chi connectivity index (χ4v) is 3.34. The van der Waals surface area contributed by atoms with Gasteiger partial charge in [0.05, 0.1) is 16.6 Å². The summed E-state index contributed by atoms with van der Waals surface area (Å²) in [4.78, 5) is 0. The molecule has 0 heterocycles. The molecule has 0 aliphatic carbocycles. The van der Waals surface area contributed by atoms with Crippen LogP contribution in [-0.2, 0) is 15.6 Å². The van der Waals surface area contributed by atoms with Crippen LogP contribution in [0, 0.1) is 0 Å². The topological polar surface area (TPSA) is 54.4 Å². The van der Waals surface area contributed by atoms with Gasteiger partial charge in [-0.05, 0) is 32.8 Å². The van der Waals surface area contributed by atoms with Crippen LogP contribution in [0.15, 0.2) is 30.3 Å². The molecule has 0 aliphatic heterocycles. The summed E-state index contributed by atoms with van der Waals surface area (Å²) in [6.07, 6.45) is -0.363. The fourth-order valence-electron chi connectivity index (χ4n) is 1.83. The van der Waals surface area contributed by atoms with Crippen molar-refractivity contribution in [2.75, 3.05) is 0 Å². The number of benzene rings is 1. The first-order valence-corrected chi connectivity index (χ1v) is 7.34. The lowest BCUT2D eigenvalue weighted by Gasteiger charge is -2.26. The molecule has 0 radical (unpaired) electrons. The monoisotopic (exact) mass is 256 g/mol. The summed E-state index contributed by atoms with van der Waals surface area (Å²) >= 11 is 0. The minimum atomic E-state index is -3.27. The van der Waals surface area contributed by atoms with Crippen LogP contribution in [0.5, 0.6) is 0 Å². The second-order valence-corrected chi connectivity index (χ2v) is 7.68. The molecule has 0 aromatic heterocycles. The van der Waals surface area contributed by atoms with E-state index < -0.39 is 20.7 Å². The van der Waals surface area contributed by atoms with Crippen molar-refractivity contribution in [2.24, 2.45) is 0 Å². The highest BCUT2D eigenvalue weighted by atomic mass is 32.2. The van der Waals surface area contributed by atoms with Crippen molar-refractivity contribution >= 4 is 9.84 Å². The van der Waals surface area contributed by atoms with Crippen LogP contribution in [-0.4, -0.2) is 24.4 Å². The number of rotatable bonds is 5. The zero-order chi connectivity index (χ0) is 13.1. The number of aliphatic hydroxyl groups excluding tert-OH is 1. The summed E-state index contributed by atoms with van der Waals surface area (Å²) < 4.78 is 23.6. The second kappa shape index (κ2) is 5.19. The zero-order valence-electron chi connectivity index (χ0n) is 10.6. The molecule has 1 rings (SSSR count). The Hall–Kier alpha value is -0.870. The van der Waals surface area contributed by atoms with Gasteiger partial charge in [-0.1, -0.05) is 30.3 Å². The van der Waals surface area contributed by atoms with Gasteiger partial charge in [-0.25, -0.2) is 8.42 Å². The summed E-state index contributed by atoms with van der Waals surface area (Å²) in [5, 5.41) is 9.35. The molecular weight excluding hydrogens is 236 g/mol. The smallest absolute Gasteiger partial charge is 0.159 e. The van der Waals surface area contributed by atoms with Crippen molar-refractivity contribution in [1.82, 2.24) is 0 Å². The summed E-state index contributed by atoms with van der Waals surface area (Å²) in [6, 6.07) is 9.11. The molecule has 0 bridgehead atoms. The quantitative estimate of drug-likeness (QED) is 0.878. The molecule has 17 heavy (non-hydrogen) atoms. The van der Waals surface area contributed by atoms with E-state index in [1.54, 1.807) is 32.9 Å². The third-order valence-electron chi connectivity index (χ3n) is 2.83. The van der Waals surface area contributed by atoms with Gasteiger partial charge in [0, 0.05) is 0 Å². The Labute approximate surface area is 103 Å². The molecule has 1 N–H and O–H groups in total. The Morgan fingerprint density at radius 2 is 1.76 bits per heavy atom. The van der Waals surface area contributed by atoms with Crippen LogP contribution in [0.25, 0.3) is 0 Å². The third-order valence-corrected chi connectivity index (χ3v) is 5.39. The maximum Gasteiger partial charge on any atom is 0.159 e. The lowest BCUT2D eigenvalue weighted by atomic mass is 10.1. The average Bonchev–Trinajstić information content (AvgIpc) is 2.16. The molecule has 0 aliphatic rings. The van der Waals surface area contributed by atoms with Gasteiger partial charge in [0.15, 0.2) is 9.84 Å². The molecule has 0 spiro atoms. The van der Waals surface area contributed by atoms with E-state index in [1.165, 1.54) is 0 Å². The van der Waals surface area contributed by atoms with Gasteiger partial charge >= 0.3 is 0 Å². The van der Waals surface area contributed by atoms with Gasteiger partial charge in [0.1, 0.15) is 0 Å². The van der Waals surface area contributed by atoms with Crippen LogP contribution in [0.2, 0.25) is 0 Å². The highest BCUT2D eigenvalue weighted by Gasteiger charge is 2.35. The summed E-state index contributed by atoms with van der Waals surface area (Å²) in [7, 11) is -3.27. The van der Waals surface area contributed by atoms with Crippen LogP contribution in [0.4, 0.5) is 0 Å². The van der Waals surface area contributed by atoms with E-state index in [-0.39, 0.29) is 12.2 Å². The Bertz CT molecular complexity index is 447. The van der Waals surface area contributed by atoms with Gasteiger partial charge < -0.3 is 5.11 Å². The van der Waals surface area contributed by atoms with Crippen molar-refractivity contribution in [2.45, 2.75) is 43.8 Å². The van der Waals surface area contributed by atoms with Crippen molar-refractivity contribution in [3.63, 3.8) is 0 Å². The van der Waals surface area contributed by atoms with E-state index >= 15 is 0 Å². The summed E-state index contributed by atoms with van der Waals surface area (Å²) in [6.45, 7) is 4.94. The summed E-state index contributed by atoms with van der Waals surface area (Å²) in [5.74, 6) is 0.0214. The minimum Gasteiger partial charge on any atom is -0.393 e. The highest BCUT2D eigenvalue weighted by Crippen LogP contribution is 2.26. The van der Waals surface area contributed by atoms with E-state index in [0.29, 0.717) is 0 Å². The molecule has 0 saturated heterocycles. The van der Waals surface area contributed by atoms with Crippen molar-refractivity contribution < 1.29 is 13.5 Å². The standard InChI is InChI=1S/C13H20O3S/c1-11(14)9-13(2,3)17(15,16)10-12-7-5-4-6-8-12/h4-8,11,14H,9-10H2,1-3H3/t11-/m1/s1.